The SMILES string of the molecule is CN(C)C=O.CN(C)C=O.C[NH2+]C.O=C(NCCCCCNC(=O)c1cccc(=O)n1[O-])c1cccc(=O)n1[O-].O=C(NCCCCCNC(=O)c1cccc([O-])[n+]1[O-])C1=CC=CC(=O)[N+]1=O.[Eu]. The standard InChI is InChI=1S/2C17H18N4O6.2C3H7NO.C2H7N.Eu/c2*22-14-8-4-6-12(20(14)26)16(24)18-10-2-1-3-11-19-17(25)13-7-5-9-15(23)21(13)27;2*1-4(2)3-5;1-3-2;/h4-9H,1-3,10-11H2,(H,18,24)(H,19,25);4-9H,1-3,10-11H2,(H2-,18,19,22,24,25);2*3H,1-2H3;3H,1-2H3;/q-2;;;;;/p+1. The summed E-state index contributed by atoms with van der Waals surface area (Å²) in [5, 5.41) is 57.8. The molecule has 6 N–H and O–H groups in total. The number of aromatic nitrogens is 3. The van der Waals surface area contributed by atoms with Crippen LogP contribution in [-0.2, 0) is 19.2 Å². The number of nitrogens with zero attached hydrogens (tertiary/aromatic N) is 6. The third kappa shape index (κ3) is 25.3. The third-order valence-corrected chi connectivity index (χ3v) is 7.85. The van der Waals surface area contributed by atoms with E-state index in [0.717, 1.165) is 37.1 Å². The molecule has 0 spiro atoms. The maximum Gasteiger partial charge on any atom is 0.465 e. The van der Waals surface area contributed by atoms with Crippen molar-refractivity contribution in [3.63, 3.8) is 0 Å². The van der Waals surface area contributed by atoms with E-state index in [1.165, 1.54) is 58.4 Å². The number of quaternary nitrogens is 1. The number of hydrogen-bond donors (Lipinski definition) is 5. The summed E-state index contributed by atoms with van der Waals surface area (Å²) >= 11 is 0. The quantitative estimate of drug-likeness (QED) is 0.0378. The zero-order valence-electron chi connectivity index (χ0n) is 38.5. The van der Waals surface area contributed by atoms with E-state index in [4.69, 9.17) is 0 Å². The molecule has 0 unspecified atom stereocenters. The van der Waals surface area contributed by atoms with Crippen LogP contribution in [-0.4, -0.2) is 135 Å². The van der Waals surface area contributed by atoms with Crippen molar-refractivity contribution in [1.29, 1.82) is 0 Å². The second kappa shape index (κ2) is 36.5. The molecule has 0 aromatic carbocycles. The van der Waals surface area contributed by atoms with Crippen LogP contribution < -0.4 is 47.5 Å². The minimum absolute atomic E-state index is 0. The Kier molecular flexibility index (Phi) is 34.0. The van der Waals surface area contributed by atoms with Gasteiger partial charge in [-0.15, -0.1) is 0 Å². The molecule has 1 aliphatic heterocycles. The molecule has 0 atom stereocenters. The van der Waals surface area contributed by atoms with Crippen molar-refractivity contribution in [2.24, 2.45) is 0 Å². The van der Waals surface area contributed by atoms with Crippen LogP contribution >= 0.6 is 0 Å². The molecule has 25 nitrogen and oxygen atoms in total. The molecular formula is C42H58EuN11O14-. The van der Waals surface area contributed by atoms with Gasteiger partial charge in [-0.1, -0.05) is 18.2 Å². The monoisotopic (exact) mass is 1090 g/mol. The number of nitroso groups, excluding NO2 is 1. The van der Waals surface area contributed by atoms with E-state index in [1.807, 2.05) is 19.4 Å². The fourth-order valence-electron chi connectivity index (χ4n) is 4.60. The van der Waals surface area contributed by atoms with Crippen molar-refractivity contribution in [1.82, 2.24) is 40.5 Å². The Morgan fingerprint density at radius 1 is 0.647 bits per heavy atom. The predicted octanol–water partition coefficient (Wildman–Crippen LogP) is -2.58. The maximum absolute atomic E-state index is 11.8. The topological polar surface area (TPSA) is 351 Å². The number of pyridine rings is 3. The van der Waals surface area contributed by atoms with E-state index >= 15 is 0 Å². The molecule has 0 aliphatic carbocycles. The van der Waals surface area contributed by atoms with E-state index in [0.29, 0.717) is 64.7 Å². The Morgan fingerprint density at radius 2 is 1.01 bits per heavy atom. The fraction of sp³-hybridized carbons (Fsp3) is 0.381. The van der Waals surface area contributed by atoms with Gasteiger partial charge in [0.05, 0.1) is 20.2 Å². The molecule has 0 fully saturated rings. The van der Waals surface area contributed by atoms with Gasteiger partial charge in [0.25, 0.3) is 17.5 Å². The number of allylic oxidation sites excluding steroid dienone is 2. The van der Waals surface area contributed by atoms with Gasteiger partial charge >= 0.3 is 23.4 Å². The number of rotatable bonds is 18. The Labute approximate surface area is 432 Å². The number of carbonyl (C=O) groups excluding carboxylic acids is 7. The van der Waals surface area contributed by atoms with Gasteiger partial charge in [0.1, 0.15) is 16.1 Å². The smallest absolute Gasteiger partial charge is 0.465 e. The van der Waals surface area contributed by atoms with Gasteiger partial charge in [-0.2, -0.15) is 4.73 Å². The second-order valence-electron chi connectivity index (χ2n) is 14.0. The first-order valence-electron chi connectivity index (χ1n) is 20.5. The Morgan fingerprint density at radius 3 is 1.41 bits per heavy atom. The molecular weight excluding hydrogens is 1030 g/mol. The average Bonchev–Trinajstić information content (AvgIpc) is 3.29. The number of unbranched alkanes of at least 4 members (excludes halogenated alkanes) is 4. The van der Waals surface area contributed by atoms with Gasteiger partial charge in [-0.25, -0.2) is 4.79 Å². The minimum Gasteiger partial charge on any atom is -0.822 e. The van der Waals surface area contributed by atoms with Crippen LogP contribution in [0.15, 0.2) is 88.1 Å². The molecule has 26 heteroatoms. The summed E-state index contributed by atoms with van der Waals surface area (Å²) in [5.74, 6) is -4.13. The molecule has 7 amide bonds. The van der Waals surface area contributed by atoms with Crippen LogP contribution in [0.4, 0.5) is 0 Å². The van der Waals surface area contributed by atoms with Crippen LogP contribution in [0.3, 0.4) is 0 Å². The van der Waals surface area contributed by atoms with E-state index in [1.54, 1.807) is 28.2 Å². The van der Waals surface area contributed by atoms with Gasteiger partial charge in [-0.05, 0) is 62.8 Å². The Balaban J connectivity index is 0. The first kappa shape index (κ1) is 63.4. The largest absolute Gasteiger partial charge is 0.822 e. The van der Waals surface area contributed by atoms with Crippen molar-refractivity contribution in [3.8, 4) is 5.88 Å². The van der Waals surface area contributed by atoms with Crippen molar-refractivity contribution < 1.29 is 103 Å². The first-order chi connectivity index (χ1) is 31.8. The summed E-state index contributed by atoms with van der Waals surface area (Å²) in [7, 11) is 10.8. The van der Waals surface area contributed by atoms with Crippen LogP contribution in [0.2, 0.25) is 0 Å². The molecule has 0 bridgehead atoms. The summed E-state index contributed by atoms with van der Waals surface area (Å²) < 4.78 is 0.127. The summed E-state index contributed by atoms with van der Waals surface area (Å²) in [6.45, 7) is 1.20. The van der Waals surface area contributed by atoms with E-state index in [9.17, 15) is 68.8 Å². The minimum atomic E-state index is -0.805. The van der Waals surface area contributed by atoms with Crippen molar-refractivity contribution in [2.75, 3.05) is 68.5 Å². The average molecular weight is 1090 g/mol. The van der Waals surface area contributed by atoms with Gasteiger partial charge < -0.3 is 66.6 Å². The van der Waals surface area contributed by atoms with Crippen molar-refractivity contribution >= 4 is 42.4 Å². The predicted molar refractivity (Wildman–Crippen MR) is 241 cm³/mol. The molecule has 1 aliphatic rings. The van der Waals surface area contributed by atoms with E-state index in [2.05, 4.69) is 21.3 Å². The summed E-state index contributed by atoms with van der Waals surface area (Å²) in [6.07, 6.45) is 8.87. The zero-order chi connectivity index (χ0) is 50.9. The normalized spacial score (nSPS) is 10.6. The van der Waals surface area contributed by atoms with Gasteiger partial charge in [0.15, 0.2) is 5.88 Å². The maximum atomic E-state index is 11.8. The fourth-order valence-corrected chi connectivity index (χ4v) is 4.60. The molecule has 4 heterocycles. The Hall–Kier alpha value is -6.64. The second-order valence-corrected chi connectivity index (χ2v) is 14.0. The molecule has 1 radical (unpaired) electrons. The number of nitrogens with one attached hydrogen (secondary N) is 4. The van der Waals surface area contributed by atoms with Crippen LogP contribution in [0.1, 0.15) is 70.0 Å². The number of carbonyl (C=O) groups is 7. The molecule has 3 aromatic rings. The van der Waals surface area contributed by atoms with Crippen molar-refractivity contribution in [2.45, 2.75) is 38.5 Å². The van der Waals surface area contributed by atoms with E-state index in [-0.39, 0.29) is 91.1 Å². The molecule has 4 rings (SSSR count). The third-order valence-electron chi connectivity index (χ3n) is 7.85. The molecule has 3 aromatic heterocycles. The van der Waals surface area contributed by atoms with Crippen LogP contribution in [0.25, 0.3) is 0 Å². The van der Waals surface area contributed by atoms with E-state index < -0.39 is 46.5 Å². The van der Waals surface area contributed by atoms with Gasteiger partial charge in [0, 0.05) is 133 Å². The molecule has 0 saturated carbocycles. The van der Waals surface area contributed by atoms with Gasteiger partial charge in [0.2, 0.25) is 23.9 Å². The summed E-state index contributed by atoms with van der Waals surface area (Å²) in [6, 6.07) is 11.0. The summed E-state index contributed by atoms with van der Waals surface area (Å²) in [5.41, 5.74) is -2.66. The number of amides is 7. The van der Waals surface area contributed by atoms with Crippen LogP contribution in [0.5, 0.6) is 5.88 Å². The summed E-state index contributed by atoms with van der Waals surface area (Å²) in [4.78, 5) is 114. The molecule has 373 valence electrons. The number of nitrogens with two attached hydrogens (primary N) is 1. The number of hydrogen-bond acceptors (Lipinski definition) is 14. The first-order valence-corrected chi connectivity index (χ1v) is 20.5. The zero-order valence-corrected chi connectivity index (χ0v) is 40.9. The van der Waals surface area contributed by atoms with Gasteiger partial charge in [-0.3, -0.25) is 38.4 Å². The Bertz CT molecular complexity index is 2210. The van der Waals surface area contributed by atoms with Crippen LogP contribution in [0, 0.1) is 69.9 Å². The van der Waals surface area contributed by atoms with Crippen molar-refractivity contribution in [3.05, 3.63) is 137 Å². The molecule has 68 heavy (non-hydrogen) atoms. The molecule has 0 saturated heterocycles.